The highest BCUT2D eigenvalue weighted by Gasteiger charge is 2.08. The van der Waals surface area contributed by atoms with Crippen LogP contribution in [-0.2, 0) is 0 Å². The second kappa shape index (κ2) is 5.54. The van der Waals surface area contributed by atoms with E-state index in [1.807, 2.05) is 30.3 Å². The van der Waals surface area contributed by atoms with Gasteiger partial charge in [0, 0.05) is 16.6 Å². The largest absolute Gasteiger partial charge is 0.321 e. The number of nitrogens with one attached hydrogen (secondary N) is 1. The number of nitrogens with zero attached hydrogens (tertiary/aromatic N) is 1. The van der Waals surface area contributed by atoms with E-state index in [2.05, 4.69) is 10.3 Å². The molecule has 0 radical (unpaired) electrons. The van der Waals surface area contributed by atoms with Gasteiger partial charge in [-0.15, -0.1) is 0 Å². The lowest BCUT2D eigenvalue weighted by Gasteiger charge is -2.05. The Balaban J connectivity index is 1.84. The zero-order valence-corrected chi connectivity index (χ0v) is 11.1. The molecule has 4 nitrogen and oxygen atoms in total. The van der Waals surface area contributed by atoms with Gasteiger partial charge in [0.1, 0.15) is 12.0 Å². The van der Waals surface area contributed by atoms with Crippen LogP contribution in [0.3, 0.4) is 0 Å². The summed E-state index contributed by atoms with van der Waals surface area (Å²) in [6, 6.07) is 17.9. The minimum atomic E-state index is -0.278. The Morgan fingerprint density at radius 3 is 2.48 bits per heavy atom. The van der Waals surface area contributed by atoms with Crippen molar-refractivity contribution in [2.45, 2.75) is 0 Å². The predicted octanol–water partition coefficient (Wildman–Crippen LogP) is 3.30. The summed E-state index contributed by atoms with van der Waals surface area (Å²) in [6.07, 6.45) is 0.760. The van der Waals surface area contributed by atoms with Crippen LogP contribution in [0.15, 0.2) is 60.7 Å². The molecule has 0 unspecified atom stereocenters. The maximum Gasteiger partial charge on any atom is 0.274 e. The normalized spacial score (nSPS) is 10.3. The van der Waals surface area contributed by atoms with E-state index in [-0.39, 0.29) is 5.91 Å². The Morgan fingerprint density at radius 2 is 1.71 bits per heavy atom. The van der Waals surface area contributed by atoms with Crippen LogP contribution in [0.2, 0.25) is 0 Å². The fraction of sp³-hybridized carbons (Fsp3) is 0. The van der Waals surface area contributed by atoms with Crippen LogP contribution in [-0.4, -0.2) is 17.2 Å². The molecule has 0 saturated heterocycles. The number of hydrogen-bond donors (Lipinski definition) is 1. The number of para-hydroxylation sites is 1. The van der Waals surface area contributed by atoms with Gasteiger partial charge >= 0.3 is 0 Å². The van der Waals surface area contributed by atoms with Crippen molar-refractivity contribution in [3.05, 3.63) is 71.9 Å². The molecule has 0 saturated carbocycles. The van der Waals surface area contributed by atoms with Crippen LogP contribution in [0.1, 0.15) is 20.8 Å². The fourth-order valence-electron chi connectivity index (χ4n) is 2.03. The van der Waals surface area contributed by atoms with E-state index in [0.29, 0.717) is 16.9 Å². The lowest BCUT2D eigenvalue weighted by Crippen LogP contribution is -2.13. The van der Waals surface area contributed by atoms with Crippen LogP contribution in [0.4, 0.5) is 5.69 Å². The molecule has 1 amide bonds. The first-order chi connectivity index (χ1) is 10.3. The first-order valence-electron chi connectivity index (χ1n) is 6.49. The van der Waals surface area contributed by atoms with Gasteiger partial charge < -0.3 is 5.32 Å². The third-order valence-corrected chi connectivity index (χ3v) is 3.14. The number of anilines is 1. The van der Waals surface area contributed by atoms with E-state index in [4.69, 9.17) is 0 Å². The standard InChI is InChI=1S/C17H12N2O2/c20-11-12-5-8-14(9-6-12)18-17(21)16-10-7-13-3-1-2-4-15(13)19-16/h1-11H,(H,18,21). The molecule has 3 aromatic rings. The van der Waals surface area contributed by atoms with Crippen LogP contribution in [0.25, 0.3) is 10.9 Å². The molecule has 0 aliphatic carbocycles. The van der Waals surface area contributed by atoms with Gasteiger partial charge in [-0.05, 0) is 36.4 Å². The molecule has 0 aliphatic heterocycles. The maximum atomic E-state index is 12.2. The molecule has 0 spiro atoms. The summed E-state index contributed by atoms with van der Waals surface area (Å²) in [7, 11) is 0. The second-order valence-electron chi connectivity index (χ2n) is 4.58. The number of aromatic nitrogens is 1. The van der Waals surface area contributed by atoms with Gasteiger partial charge in [0.2, 0.25) is 0 Å². The zero-order valence-electron chi connectivity index (χ0n) is 11.1. The molecule has 3 rings (SSSR count). The summed E-state index contributed by atoms with van der Waals surface area (Å²) in [4.78, 5) is 27.1. The average Bonchev–Trinajstić information content (AvgIpc) is 2.55. The van der Waals surface area contributed by atoms with Crippen LogP contribution in [0, 0.1) is 0 Å². The zero-order chi connectivity index (χ0) is 14.7. The summed E-state index contributed by atoms with van der Waals surface area (Å²) < 4.78 is 0. The number of aldehydes is 1. The average molecular weight is 276 g/mol. The maximum absolute atomic E-state index is 12.2. The highest BCUT2D eigenvalue weighted by Crippen LogP contribution is 2.14. The molecule has 1 aromatic heterocycles. The Morgan fingerprint density at radius 1 is 0.952 bits per heavy atom. The van der Waals surface area contributed by atoms with E-state index in [1.165, 1.54) is 0 Å². The SMILES string of the molecule is O=Cc1ccc(NC(=O)c2ccc3ccccc3n2)cc1. The molecule has 4 heteroatoms. The van der Waals surface area contributed by atoms with Gasteiger partial charge in [-0.3, -0.25) is 9.59 Å². The highest BCUT2D eigenvalue weighted by atomic mass is 16.1. The van der Waals surface area contributed by atoms with E-state index in [0.717, 1.165) is 17.2 Å². The van der Waals surface area contributed by atoms with E-state index < -0.39 is 0 Å². The smallest absolute Gasteiger partial charge is 0.274 e. The minimum Gasteiger partial charge on any atom is -0.321 e. The molecule has 1 N–H and O–H groups in total. The summed E-state index contributed by atoms with van der Waals surface area (Å²) >= 11 is 0. The lowest BCUT2D eigenvalue weighted by molar-refractivity contribution is 0.102. The van der Waals surface area contributed by atoms with E-state index in [1.54, 1.807) is 30.3 Å². The van der Waals surface area contributed by atoms with Gasteiger partial charge in [0.15, 0.2) is 0 Å². The van der Waals surface area contributed by atoms with Gasteiger partial charge in [-0.25, -0.2) is 4.98 Å². The molecule has 0 bridgehead atoms. The number of carbonyl (C=O) groups is 2. The summed E-state index contributed by atoms with van der Waals surface area (Å²) in [6.45, 7) is 0. The third kappa shape index (κ3) is 2.79. The van der Waals surface area contributed by atoms with Crippen molar-refractivity contribution in [1.82, 2.24) is 4.98 Å². The van der Waals surface area contributed by atoms with Crippen molar-refractivity contribution >= 4 is 28.8 Å². The number of rotatable bonds is 3. The first-order valence-corrected chi connectivity index (χ1v) is 6.49. The van der Waals surface area contributed by atoms with Gasteiger partial charge in [0.05, 0.1) is 5.52 Å². The van der Waals surface area contributed by atoms with Crippen molar-refractivity contribution in [1.29, 1.82) is 0 Å². The number of fused-ring (bicyclic) bond motifs is 1. The number of hydrogen-bond acceptors (Lipinski definition) is 3. The number of amides is 1. The molecule has 0 atom stereocenters. The highest BCUT2D eigenvalue weighted by molar-refractivity contribution is 6.04. The van der Waals surface area contributed by atoms with Gasteiger partial charge in [-0.1, -0.05) is 24.3 Å². The number of benzene rings is 2. The van der Waals surface area contributed by atoms with Crippen molar-refractivity contribution in [3.63, 3.8) is 0 Å². The van der Waals surface area contributed by atoms with Crippen molar-refractivity contribution in [3.8, 4) is 0 Å². The first kappa shape index (κ1) is 13.0. The Kier molecular flexibility index (Phi) is 3.43. The Hall–Kier alpha value is -3.01. The van der Waals surface area contributed by atoms with Crippen LogP contribution < -0.4 is 5.32 Å². The molecule has 21 heavy (non-hydrogen) atoms. The minimum absolute atomic E-state index is 0.278. The summed E-state index contributed by atoms with van der Waals surface area (Å²) in [5, 5.41) is 3.75. The molecule has 0 aliphatic rings. The quantitative estimate of drug-likeness (QED) is 0.747. The molecular formula is C17H12N2O2. The molecule has 1 heterocycles. The lowest BCUT2D eigenvalue weighted by atomic mass is 10.2. The molecular weight excluding hydrogens is 264 g/mol. The van der Waals surface area contributed by atoms with Crippen molar-refractivity contribution < 1.29 is 9.59 Å². The third-order valence-electron chi connectivity index (χ3n) is 3.14. The van der Waals surface area contributed by atoms with Crippen LogP contribution in [0.5, 0.6) is 0 Å². The van der Waals surface area contributed by atoms with Crippen molar-refractivity contribution in [2.75, 3.05) is 5.32 Å². The summed E-state index contributed by atoms with van der Waals surface area (Å²) in [5.41, 5.74) is 2.33. The van der Waals surface area contributed by atoms with Crippen LogP contribution >= 0.6 is 0 Å². The molecule has 0 fully saturated rings. The van der Waals surface area contributed by atoms with Gasteiger partial charge in [0.25, 0.3) is 5.91 Å². The summed E-state index contributed by atoms with van der Waals surface area (Å²) in [5.74, 6) is -0.278. The van der Waals surface area contributed by atoms with E-state index in [9.17, 15) is 9.59 Å². The monoisotopic (exact) mass is 276 g/mol. The Bertz CT molecular complexity index is 810. The molecule has 2 aromatic carbocycles. The van der Waals surface area contributed by atoms with E-state index >= 15 is 0 Å². The second-order valence-corrected chi connectivity index (χ2v) is 4.58. The number of carbonyl (C=O) groups excluding carboxylic acids is 2. The number of pyridine rings is 1. The molecule has 102 valence electrons. The fourth-order valence-corrected chi connectivity index (χ4v) is 2.03. The van der Waals surface area contributed by atoms with Crippen molar-refractivity contribution in [2.24, 2.45) is 0 Å². The predicted molar refractivity (Wildman–Crippen MR) is 81.5 cm³/mol. The Labute approximate surface area is 121 Å². The topological polar surface area (TPSA) is 59.1 Å². The van der Waals surface area contributed by atoms with Gasteiger partial charge in [-0.2, -0.15) is 0 Å².